The molecule has 1 aromatic rings. The molecule has 1 N–H and O–H groups in total. The highest BCUT2D eigenvalue weighted by atomic mass is 16.6. The van der Waals surface area contributed by atoms with Crippen LogP contribution in [0.2, 0.25) is 0 Å². The number of hydrogen-bond acceptors (Lipinski definition) is 3. The average molecular weight is 261 g/mol. The van der Waals surface area contributed by atoms with E-state index in [1.54, 1.807) is 0 Å². The third-order valence-electron chi connectivity index (χ3n) is 3.36. The fourth-order valence-electron chi connectivity index (χ4n) is 2.39. The fraction of sp³-hybridized carbons (Fsp3) is 0.562. The van der Waals surface area contributed by atoms with Crippen LogP contribution in [-0.4, -0.2) is 24.2 Å². The Kier molecular flexibility index (Phi) is 4.25. The number of ether oxygens (including phenoxy) is 1. The molecule has 3 nitrogen and oxygen atoms in total. The highest BCUT2D eigenvalue weighted by Crippen LogP contribution is 2.36. The summed E-state index contributed by atoms with van der Waals surface area (Å²) in [7, 11) is 0. The summed E-state index contributed by atoms with van der Waals surface area (Å²) in [5.74, 6) is 0.466. The third-order valence-corrected chi connectivity index (χ3v) is 3.36. The molecule has 1 fully saturated rings. The predicted octanol–water partition coefficient (Wildman–Crippen LogP) is 2.86. The van der Waals surface area contributed by atoms with Crippen molar-refractivity contribution < 1.29 is 9.53 Å². The Hall–Kier alpha value is -1.35. The lowest BCUT2D eigenvalue weighted by atomic mass is 9.76. The first-order chi connectivity index (χ1) is 8.94. The molecule has 104 valence electrons. The van der Waals surface area contributed by atoms with E-state index < -0.39 is 5.60 Å². The van der Waals surface area contributed by atoms with E-state index in [0.29, 0.717) is 18.5 Å². The van der Waals surface area contributed by atoms with Gasteiger partial charge in [-0.25, -0.2) is 0 Å². The summed E-state index contributed by atoms with van der Waals surface area (Å²) in [6.45, 7) is 5.97. The van der Waals surface area contributed by atoms with E-state index in [0.717, 1.165) is 12.8 Å². The van der Waals surface area contributed by atoms with Crippen LogP contribution in [0.25, 0.3) is 0 Å². The summed E-state index contributed by atoms with van der Waals surface area (Å²) >= 11 is 0. The topological polar surface area (TPSA) is 38.3 Å². The van der Waals surface area contributed by atoms with Crippen LogP contribution in [0.1, 0.15) is 45.1 Å². The van der Waals surface area contributed by atoms with Crippen molar-refractivity contribution in [1.82, 2.24) is 5.32 Å². The van der Waals surface area contributed by atoms with E-state index in [9.17, 15) is 4.79 Å². The molecule has 1 aliphatic carbocycles. The monoisotopic (exact) mass is 261 g/mol. The van der Waals surface area contributed by atoms with Crippen molar-refractivity contribution in [2.75, 3.05) is 6.54 Å². The van der Waals surface area contributed by atoms with Gasteiger partial charge in [0.15, 0.2) is 0 Å². The Morgan fingerprint density at radius 3 is 2.47 bits per heavy atom. The van der Waals surface area contributed by atoms with Crippen LogP contribution >= 0.6 is 0 Å². The van der Waals surface area contributed by atoms with Crippen LogP contribution in [0.15, 0.2) is 30.3 Å². The zero-order valence-corrected chi connectivity index (χ0v) is 12.0. The molecule has 0 amide bonds. The van der Waals surface area contributed by atoms with Crippen LogP contribution in [0.5, 0.6) is 0 Å². The zero-order valence-electron chi connectivity index (χ0n) is 12.0. The molecule has 2 rings (SSSR count). The minimum atomic E-state index is -0.398. The van der Waals surface area contributed by atoms with Crippen molar-refractivity contribution in [3.63, 3.8) is 0 Å². The highest BCUT2D eigenvalue weighted by molar-refractivity contribution is 5.72. The Morgan fingerprint density at radius 1 is 1.26 bits per heavy atom. The molecule has 0 atom stereocenters. The number of benzene rings is 1. The van der Waals surface area contributed by atoms with Gasteiger partial charge in [-0.05, 0) is 45.1 Å². The number of nitrogens with one attached hydrogen (secondary N) is 1. The van der Waals surface area contributed by atoms with Crippen molar-refractivity contribution in [3.8, 4) is 0 Å². The quantitative estimate of drug-likeness (QED) is 0.847. The minimum absolute atomic E-state index is 0.171. The Morgan fingerprint density at radius 2 is 1.89 bits per heavy atom. The summed E-state index contributed by atoms with van der Waals surface area (Å²) in [5, 5.41) is 3.27. The maximum atomic E-state index is 11.6. The summed E-state index contributed by atoms with van der Waals surface area (Å²) < 4.78 is 5.27. The van der Waals surface area contributed by atoms with Gasteiger partial charge >= 0.3 is 5.97 Å². The first-order valence-electron chi connectivity index (χ1n) is 6.94. The Labute approximate surface area is 115 Å². The summed E-state index contributed by atoms with van der Waals surface area (Å²) in [6, 6.07) is 11.0. The fourth-order valence-corrected chi connectivity index (χ4v) is 2.39. The molecule has 0 bridgehead atoms. The van der Waals surface area contributed by atoms with Gasteiger partial charge < -0.3 is 10.1 Å². The van der Waals surface area contributed by atoms with Gasteiger partial charge in [0.1, 0.15) is 5.60 Å². The van der Waals surface area contributed by atoms with Gasteiger partial charge in [-0.3, -0.25) is 4.79 Å². The number of hydrogen-bond donors (Lipinski definition) is 1. The molecular formula is C16H23NO2. The van der Waals surface area contributed by atoms with Crippen LogP contribution in [0.3, 0.4) is 0 Å². The van der Waals surface area contributed by atoms with Crippen molar-refractivity contribution in [2.24, 2.45) is 0 Å². The summed E-state index contributed by atoms with van der Waals surface area (Å²) in [6.07, 6.45) is 2.21. The SMILES string of the molecule is CC(C)(C)OC(=O)CNC1CC(c2ccccc2)C1. The first kappa shape index (κ1) is 14.1. The molecule has 1 aliphatic rings. The van der Waals surface area contributed by atoms with E-state index in [4.69, 9.17) is 4.74 Å². The van der Waals surface area contributed by atoms with Crippen LogP contribution in [0, 0.1) is 0 Å². The van der Waals surface area contributed by atoms with Crippen LogP contribution in [-0.2, 0) is 9.53 Å². The van der Waals surface area contributed by atoms with Crippen molar-refractivity contribution in [3.05, 3.63) is 35.9 Å². The molecule has 3 heteroatoms. The second-order valence-corrected chi connectivity index (χ2v) is 6.24. The van der Waals surface area contributed by atoms with Gasteiger partial charge in [0.2, 0.25) is 0 Å². The van der Waals surface area contributed by atoms with Crippen molar-refractivity contribution in [2.45, 2.75) is 51.2 Å². The average Bonchev–Trinajstić information content (AvgIpc) is 2.26. The number of carbonyl (C=O) groups excluding carboxylic acids is 1. The molecule has 0 aromatic heterocycles. The molecule has 1 aromatic carbocycles. The molecule has 19 heavy (non-hydrogen) atoms. The second-order valence-electron chi connectivity index (χ2n) is 6.24. The maximum absolute atomic E-state index is 11.6. The molecule has 0 aliphatic heterocycles. The molecular weight excluding hydrogens is 238 g/mol. The lowest BCUT2D eigenvalue weighted by molar-refractivity contribution is -0.153. The van der Waals surface area contributed by atoms with E-state index in [1.165, 1.54) is 5.56 Å². The van der Waals surface area contributed by atoms with Gasteiger partial charge in [-0.1, -0.05) is 30.3 Å². The predicted molar refractivity (Wildman–Crippen MR) is 76.1 cm³/mol. The Bertz CT molecular complexity index is 416. The van der Waals surface area contributed by atoms with Crippen molar-refractivity contribution in [1.29, 1.82) is 0 Å². The molecule has 1 saturated carbocycles. The van der Waals surface area contributed by atoms with E-state index in [2.05, 4.69) is 29.6 Å². The third kappa shape index (κ3) is 4.35. The van der Waals surface area contributed by atoms with Gasteiger partial charge in [-0.2, -0.15) is 0 Å². The standard InChI is InChI=1S/C16H23NO2/c1-16(2,3)19-15(18)11-17-14-9-13(10-14)12-7-5-4-6-8-12/h4-8,13-14,17H,9-11H2,1-3H3. The van der Waals surface area contributed by atoms with E-state index >= 15 is 0 Å². The first-order valence-corrected chi connectivity index (χ1v) is 6.94. The summed E-state index contributed by atoms with van der Waals surface area (Å²) in [5.41, 5.74) is 1.00. The van der Waals surface area contributed by atoms with Crippen LogP contribution in [0.4, 0.5) is 0 Å². The molecule has 0 saturated heterocycles. The molecule has 0 spiro atoms. The van der Waals surface area contributed by atoms with Crippen LogP contribution < -0.4 is 5.32 Å². The Balaban J connectivity index is 1.67. The summed E-state index contributed by atoms with van der Waals surface area (Å²) in [4.78, 5) is 11.6. The van der Waals surface area contributed by atoms with E-state index in [1.807, 2.05) is 26.8 Å². The van der Waals surface area contributed by atoms with Crippen molar-refractivity contribution >= 4 is 5.97 Å². The lowest BCUT2D eigenvalue weighted by Gasteiger charge is -2.36. The largest absolute Gasteiger partial charge is 0.459 e. The maximum Gasteiger partial charge on any atom is 0.320 e. The van der Waals surface area contributed by atoms with Gasteiger partial charge in [-0.15, -0.1) is 0 Å². The smallest absolute Gasteiger partial charge is 0.320 e. The normalized spacial score (nSPS) is 22.7. The van der Waals surface area contributed by atoms with Gasteiger partial charge in [0.05, 0.1) is 6.54 Å². The lowest BCUT2D eigenvalue weighted by Crippen LogP contribution is -2.43. The zero-order chi connectivity index (χ0) is 13.9. The number of carbonyl (C=O) groups is 1. The minimum Gasteiger partial charge on any atom is -0.459 e. The molecule has 0 radical (unpaired) electrons. The molecule has 0 unspecified atom stereocenters. The van der Waals surface area contributed by atoms with Gasteiger partial charge in [0, 0.05) is 6.04 Å². The highest BCUT2D eigenvalue weighted by Gasteiger charge is 2.30. The molecule has 0 heterocycles. The van der Waals surface area contributed by atoms with E-state index in [-0.39, 0.29) is 5.97 Å². The number of rotatable bonds is 4. The van der Waals surface area contributed by atoms with Gasteiger partial charge in [0.25, 0.3) is 0 Å². The second kappa shape index (κ2) is 5.74. The number of esters is 1.